The quantitative estimate of drug-likeness (QED) is 0.852. The van der Waals surface area contributed by atoms with Crippen LogP contribution in [0.4, 0.5) is 0 Å². The van der Waals surface area contributed by atoms with E-state index in [2.05, 4.69) is 28.8 Å². The molecular formula is C15H25N3O. The number of ether oxygens (including phenoxy) is 1. The van der Waals surface area contributed by atoms with E-state index in [9.17, 15) is 0 Å². The molecule has 3 heterocycles. The molecule has 4 unspecified atom stereocenters. The third-order valence-electron chi connectivity index (χ3n) is 4.74. The minimum absolute atomic E-state index is 0.510. The van der Waals surface area contributed by atoms with Crippen molar-refractivity contribution < 1.29 is 4.74 Å². The molecule has 2 fully saturated rings. The Balaban J connectivity index is 1.60. The number of hydrogen-bond acceptors (Lipinski definition) is 3. The first-order valence-corrected chi connectivity index (χ1v) is 7.63. The molecule has 2 bridgehead atoms. The second-order valence-corrected chi connectivity index (χ2v) is 5.93. The first-order chi connectivity index (χ1) is 9.28. The zero-order valence-electron chi connectivity index (χ0n) is 12.0. The topological polar surface area (TPSA) is 39.1 Å². The van der Waals surface area contributed by atoms with Crippen LogP contribution in [-0.2, 0) is 18.2 Å². The Morgan fingerprint density at radius 1 is 1.53 bits per heavy atom. The van der Waals surface area contributed by atoms with Gasteiger partial charge in [0.25, 0.3) is 0 Å². The smallest absolute Gasteiger partial charge is 0.108 e. The number of nitrogens with one attached hydrogen (secondary N) is 1. The van der Waals surface area contributed by atoms with Gasteiger partial charge in [-0.25, -0.2) is 4.98 Å². The molecule has 2 aliphatic heterocycles. The number of imidazole rings is 1. The maximum atomic E-state index is 6.01. The van der Waals surface area contributed by atoms with Crippen molar-refractivity contribution in [3.63, 3.8) is 0 Å². The van der Waals surface area contributed by atoms with E-state index in [1.807, 2.05) is 12.4 Å². The highest BCUT2D eigenvalue weighted by Gasteiger charge is 2.43. The maximum Gasteiger partial charge on any atom is 0.108 e. The molecule has 1 aromatic rings. The molecule has 106 valence electrons. The van der Waals surface area contributed by atoms with Gasteiger partial charge >= 0.3 is 0 Å². The van der Waals surface area contributed by atoms with Gasteiger partial charge in [0.15, 0.2) is 0 Å². The van der Waals surface area contributed by atoms with E-state index in [1.165, 1.54) is 25.1 Å². The van der Waals surface area contributed by atoms with Crippen LogP contribution in [0, 0.1) is 5.92 Å². The minimum Gasteiger partial charge on any atom is -0.375 e. The average molecular weight is 263 g/mol. The van der Waals surface area contributed by atoms with Gasteiger partial charge in [0.1, 0.15) is 5.82 Å². The summed E-state index contributed by atoms with van der Waals surface area (Å²) < 4.78 is 8.14. The molecule has 2 saturated heterocycles. The summed E-state index contributed by atoms with van der Waals surface area (Å²) in [6.07, 6.45) is 11.0. The Morgan fingerprint density at radius 3 is 3.00 bits per heavy atom. The SMILES string of the molecule is CCNC(CCc1nccn1C)C1CC2CCC1O2. The monoisotopic (exact) mass is 263 g/mol. The first kappa shape index (κ1) is 13.1. The van der Waals surface area contributed by atoms with Crippen LogP contribution in [0.2, 0.25) is 0 Å². The summed E-state index contributed by atoms with van der Waals surface area (Å²) in [5.74, 6) is 1.89. The van der Waals surface area contributed by atoms with E-state index in [1.54, 1.807) is 0 Å². The van der Waals surface area contributed by atoms with Crippen LogP contribution >= 0.6 is 0 Å². The van der Waals surface area contributed by atoms with Gasteiger partial charge in [0.05, 0.1) is 12.2 Å². The molecule has 4 heteroatoms. The molecule has 2 aliphatic rings. The van der Waals surface area contributed by atoms with E-state index < -0.39 is 0 Å². The fourth-order valence-corrected chi connectivity index (χ4v) is 3.75. The normalized spacial score (nSPS) is 30.9. The second-order valence-electron chi connectivity index (χ2n) is 5.93. The van der Waals surface area contributed by atoms with Gasteiger partial charge in [0.2, 0.25) is 0 Å². The van der Waals surface area contributed by atoms with E-state index in [0.29, 0.717) is 24.2 Å². The highest BCUT2D eigenvalue weighted by molar-refractivity contribution is 4.98. The lowest BCUT2D eigenvalue weighted by Crippen LogP contribution is -2.41. The Labute approximate surface area is 115 Å². The van der Waals surface area contributed by atoms with Gasteiger partial charge in [-0.2, -0.15) is 0 Å². The molecule has 0 amide bonds. The highest BCUT2D eigenvalue weighted by atomic mass is 16.5. The number of aromatic nitrogens is 2. The number of hydrogen-bond donors (Lipinski definition) is 1. The van der Waals surface area contributed by atoms with Gasteiger partial charge in [-0.3, -0.25) is 0 Å². The van der Waals surface area contributed by atoms with E-state index in [0.717, 1.165) is 19.4 Å². The van der Waals surface area contributed by atoms with E-state index in [4.69, 9.17) is 4.74 Å². The average Bonchev–Trinajstić information content (AvgIpc) is 3.11. The Kier molecular flexibility index (Phi) is 3.89. The maximum absolute atomic E-state index is 6.01. The lowest BCUT2D eigenvalue weighted by atomic mass is 9.82. The fraction of sp³-hybridized carbons (Fsp3) is 0.800. The van der Waals surface area contributed by atoms with Crippen LogP contribution in [0.1, 0.15) is 38.4 Å². The third kappa shape index (κ3) is 2.70. The molecule has 1 N–H and O–H groups in total. The molecule has 0 spiro atoms. The zero-order valence-corrected chi connectivity index (χ0v) is 12.0. The van der Waals surface area contributed by atoms with Crippen molar-refractivity contribution in [3.05, 3.63) is 18.2 Å². The number of aryl methyl sites for hydroxylation is 2. The molecule has 0 saturated carbocycles. The van der Waals surface area contributed by atoms with Crippen LogP contribution in [0.5, 0.6) is 0 Å². The molecule has 3 rings (SSSR count). The van der Waals surface area contributed by atoms with Gasteiger partial charge in [0, 0.05) is 37.8 Å². The zero-order chi connectivity index (χ0) is 13.2. The fourth-order valence-electron chi connectivity index (χ4n) is 3.75. The van der Waals surface area contributed by atoms with Crippen molar-refractivity contribution in [1.29, 1.82) is 0 Å². The van der Waals surface area contributed by atoms with Crippen LogP contribution < -0.4 is 5.32 Å². The van der Waals surface area contributed by atoms with Crippen LogP contribution in [-0.4, -0.2) is 34.3 Å². The van der Waals surface area contributed by atoms with Gasteiger partial charge in [-0.1, -0.05) is 6.92 Å². The number of rotatable bonds is 6. The minimum atomic E-state index is 0.510. The van der Waals surface area contributed by atoms with Crippen molar-refractivity contribution in [1.82, 2.24) is 14.9 Å². The summed E-state index contributed by atoms with van der Waals surface area (Å²) in [6.45, 7) is 3.24. The summed E-state index contributed by atoms with van der Waals surface area (Å²) >= 11 is 0. The molecular weight excluding hydrogens is 238 g/mol. The van der Waals surface area contributed by atoms with E-state index >= 15 is 0 Å². The van der Waals surface area contributed by atoms with Gasteiger partial charge in [-0.05, 0) is 32.2 Å². The number of fused-ring (bicyclic) bond motifs is 2. The lowest BCUT2D eigenvalue weighted by molar-refractivity contribution is 0.0851. The van der Waals surface area contributed by atoms with Crippen LogP contribution in [0.3, 0.4) is 0 Å². The molecule has 4 nitrogen and oxygen atoms in total. The molecule has 0 radical (unpaired) electrons. The Bertz CT molecular complexity index is 417. The van der Waals surface area contributed by atoms with Crippen LogP contribution in [0.25, 0.3) is 0 Å². The summed E-state index contributed by atoms with van der Waals surface area (Å²) in [7, 11) is 2.07. The van der Waals surface area contributed by atoms with Crippen molar-refractivity contribution in [2.24, 2.45) is 13.0 Å². The van der Waals surface area contributed by atoms with Gasteiger partial charge in [-0.15, -0.1) is 0 Å². The van der Waals surface area contributed by atoms with Crippen molar-refractivity contribution in [2.45, 2.75) is 57.3 Å². The second kappa shape index (κ2) is 5.63. The Hall–Kier alpha value is -0.870. The molecule has 19 heavy (non-hydrogen) atoms. The first-order valence-electron chi connectivity index (χ1n) is 7.63. The highest BCUT2D eigenvalue weighted by Crippen LogP contribution is 2.41. The summed E-state index contributed by atoms with van der Waals surface area (Å²) in [5.41, 5.74) is 0. The molecule has 0 aromatic carbocycles. The van der Waals surface area contributed by atoms with Gasteiger partial charge < -0.3 is 14.6 Å². The standard InChI is InChI=1S/C15H25N3O/c1-3-16-13(5-7-15-17-8-9-18(15)2)12-10-11-4-6-14(12)19-11/h8-9,11-14,16H,3-7,10H2,1-2H3. The summed E-state index contributed by atoms with van der Waals surface area (Å²) in [4.78, 5) is 4.43. The predicted octanol–water partition coefficient (Wildman–Crippen LogP) is 1.90. The summed E-state index contributed by atoms with van der Waals surface area (Å²) in [6, 6.07) is 0.581. The lowest BCUT2D eigenvalue weighted by Gasteiger charge is -2.29. The number of nitrogens with zero attached hydrogens (tertiary/aromatic N) is 2. The molecule has 0 aliphatic carbocycles. The Morgan fingerprint density at radius 2 is 2.42 bits per heavy atom. The van der Waals surface area contributed by atoms with Crippen molar-refractivity contribution in [2.75, 3.05) is 6.54 Å². The third-order valence-corrected chi connectivity index (χ3v) is 4.74. The molecule has 4 atom stereocenters. The predicted molar refractivity (Wildman–Crippen MR) is 75.0 cm³/mol. The van der Waals surface area contributed by atoms with Crippen molar-refractivity contribution >= 4 is 0 Å². The van der Waals surface area contributed by atoms with E-state index in [-0.39, 0.29) is 0 Å². The van der Waals surface area contributed by atoms with Crippen molar-refractivity contribution in [3.8, 4) is 0 Å². The largest absolute Gasteiger partial charge is 0.375 e. The van der Waals surface area contributed by atoms with Crippen LogP contribution in [0.15, 0.2) is 12.4 Å². The summed E-state index contributed by atoms with van der Waals surface area (Å²) in [5, 5.41) is 3.67. The molecule has 1 aromatic heterocycles.